The molecule has 0 aliphatic carbocycles. The lowest BCUT2D eigenvalue weighted by atomic mass is 10.2. The van der Waals surface area contributed by atoms with Gasteiger partial charge in [-0.2, -0.15) is 0 Å². The van der Waals surface area contributed by atoms with Crippen molar-refractivity contribution in [3.05, 3.63) is 56.9 Å². The number of hydrogen-bond acceptors (Lipinski definition) is 5. The van der Waals surface area contributed by atoms with Gasteiger partial charge in [-0.1, -0.05) is 19.1 Å². The molecule has 7 nitrogen and oxygen atoms in total. The van der Waals surface area contributed by atoms with Crippen LogP contribution in [0.4, 0.5) is 0 Å². The van der Waals surface area contributed by atoms with Crippen LogP contribution in [0.1, 0.15) is 12.6 Å². The van der Waals surface area contributed by atoms with Crippen LogP contribution in [0.5, 0.6) is 11.5 Å². The average molecular weight is 345 g/mol. The molecule has 0 saturated heterocycles. The van der Waals surface area contributed by atoms with E-state index < -0.39 is 0 Å². The first kappa shape index (κ1) is 17.3. The standard InChI is InChI=1S/C18H23N3O4/c1-4-21(10-13-9-17(22)20(3)18(23)19(13)2)11-14-12-24-15-7-5-6-8-16(15)25-14/h5-9,14H,4,10-12H2,1-3H3. The average Bonchev–Trinajstić information content (AvgIpc) is 2.63. The molecule has 1 aliphatic heterocycles. The molecule has 2 heterocycles. The Hall–Kier alpha value is -2.54. The minimum Gasteiger partial charge on any atom is -0.486 e. The molecule has 0 spiro atoms. The van der Waals surface area contributed by atoms with Crippen LogP contribution >= 0.6 is 0 Å². The minimum absolute atomic E-state index is 0.0987. The van der Waals surface area contributed by atoms with Gasteiger partial charge in [-0.25, -0.2) is 4.79 Å². The molecule has 1 atom stereocenters. The number of aromatic nitrogens is 2. The molecule has 134 valence electrons. The summed E-state index contributed by atoms with van der Waals surface area (Å²) < 4.78 is 14.4. The van der Waals surface area contributed by atoms with Crippen molar-refractivity contribution in [2.45, 2.75) is 19.6 Å². The lowest BCUT2D eigenvalue weighted by molar-refractivity contribution is 0.0573. The Morgan fingerprint density at radius 2 is 1.88 bits per heavy atom. The number of fused-ring (bicyclic) bond motifs is 1. The van der Waals surface area contributed by atoms with Crippen molar-refractivity contribution in [3.8, 4) is 11.5 Å². The van der Waals surface area contributed by atoms with E-state index in [-0.39, 0.29) is 17.4 Å². The van der Waals surface area contributed by atoms with Crippen molar-refractivity contribution in [1.29, 1.82) is 0 Å². The fraction of sp³-hybridized carbons (Fsp3) is 0.444. The first-order valence-electron chi connectivity index (χ1n) is 8.36. The molecule has 0 N–H and O–H groups in total. The molecule has 1 unspecified atom stereocenters. The fourth-order valence-electron chi connectivity index (χ4n) is 2.91. The van der Waals surface area contributed by atoms with Gasteiger partial charge in [0, 0.05) is 38.9 Å². The molecule has 1 aromatic heterocycles. The number of likely N-dealkylation sites (N-methyl/N-ethyl adjacent to an activating group) is 1. The summed E-state index contributed by atoms with van der Waals surface area (Å²) in [5.41, 5.74) is 0.0807. The number of hydrogen-bond donors (Lipinski definition) is 0. The highest BCUT2D eigenvalue weighted by Gasteiger charge is 2.23. The second-order valence-corrected chi connectivity index (χ2v) is 6.20. The second-order valence-electron chi connectivity index (χ2n) is 6.20. The Kier molecular flexibility index (Phi) is 4.94. The maximum Gasteiger partial charge on any atom is 0.330 e. The zero-order valence-electron chi connectivity index (χ0n) is 14.8. The van der Waals surface area contributed by atoms with E-state index in [1.165, 1.54) is 17.7 Å². The van der Waals surface area contributed by atoms with Gasteiger partial charge in [0.1, 0.15) is 12.7 Å². The van der Waals surface area contributed by atoms with E-state index in [1.807, 2.05) is 31.2 Å². The Labute approximate surface area is 146 Å². The molecular weight excluding hydrogens is 322 g/mol. The van der Waals surface area contributed by atoms with Crippen LogP contribution in [0.25, 0.3) is 0 Å². The minimum atomic E-state index is -0.315. The number of benzene rings is 1. The predicted molar refractivity (Wildman–Crippen MR) is 94.2 cm³/mol. The molecule has 7 heteroatoms. The lowest BCUT2D eigenvalue weighted by Gasteiger charge is -2.31. The summed E-state index contributed by atoms with van der Waals surface area (Å²) >= 11 is 0. The van der Waals surface area contributed by atoms with Gasteiger partial charge in [-0.15, -0.1) is 0 Å². The van der Waals surface area contributed by atoms with Crippen molar-refractivity contribution >= 4 is 0 Å². The summed E-state index contributed by atoms with van der Waals surface area (Å²) in [7, 11) is 3.16. The summed E-state index contributed by atoms with van der Waals surface area (Å²) in [6.07, 6.45) is -0.0987. The van der Waals surface area contributed by atoms with E-state index in [1.54, 1.807) is 7.05 Å². The van der Waals surface area contributed by atoms with Crippen LogP contribution in [0.15, 0.2) is 39.9 Å². The zero-order chi connectivity index (χ0) is 18.0. The van der Waals surface area contributed by atoms with Crippen molar-refractivity contribution in [2.75, 3.05) is 19.7 Å². The van der Waals surface area contributed by atoms with Crippen LogP contribution < -0.4 is 20.7 Å². The van der Waals surface area contributed by atoms with Gasteiger partial charge in [0.2, 0.25) is 0 Å². The van der Waals surface area contributed by atoms with E-state index >= 15 is 0 Å². The normalized spacial score (nSPS) is 16.2. The summed E-state index contributed by atoms with van der Waals surface area (Å²) in [6, 6.07) is 9.12. The molecule has 0 radical (unpaired) electrons. The largest absolute Gasteiger partial charge is 0.486 e. The Morgan fingerprint density at radius 3 is 2.60 bits per heavy atom. The molecule has 0 saturated carbocycles. The third-order valence-corrected chi connectivity index (χ3v) is 4.49. The molecule has 1 aromatic carbocycles. The topological polar surface area (TPSA) is 65.7 Å². The molecule has 2 aromatic rings. The summed E-state index contributed by atoms with van der Waals surface area (Å²) in [5.74, 6) is 1.51. The van der Waals surface area contributed by atoms with E-state index in [4.69, 9.17) is 9.47 Å². The van der Waals surface area contributed by atoms with Crippen LogP contribution in [-0.2, 0) is 20.6 Å². The summed E-state index contributed by atoms with van der Waals surface area (Å²) in [4.78, 5) is 26.1. The van der Waals surface area contributed by atoms with Gasteiger partial charge >= 0.3 is 5.69 Å². The smallest absolute Gasteiger partial charge is 0.330 e. The van der Waals surface area contributed by atoms with E-state index in [2.05, 4.69) is 4.90 Å². The lowest BCUT2D eigenvalue weighted by Crippen LogP contribution is -2.43. The molecule has 0 bridgehead atoms. The predicted octanol–water partition coefficient (Wildman–Crippen LogP) is 0.746. The number of rotatable bonds is 5. The van der Waals surface area contributed by atoms with Crippen molar-refractivity contribution in [1.82, 2.24) is 14.0 Å². The summed E-state index contributed by atoms with van der Waals surface area (Å²) in [6.45, 7) is 4.43. The van der Waals surface area contributed by atoms with Crippen molar-refractivity contribution < 1.29 is 9.47 Å². The second kappa shape index (κ2) is 7.14. The Morgan fingerprint density at radius 1 is 1.16 bits per heavy atom. The van der Waals surface area contributed by atoms with Crippen molar-refractivity contribution in [3.63, 3.8) is 0 Å². The van der Waals surface area contributed by atoms with Crippen LogP contribution in [0, 0.1) is 0 Å². The maximum atomic E-state index is 12.1. The van der Waals surface area contributed by atoms with E-state index in [9.17, 15) is 9.59 Å². The molecule has 25 heavy (non-hydrogen) atoms. The van der Waals surface area contributed by atoms with Crippen LogP contribution in [0.2, 0.25) is 0 Å². The van der Waals surface area contributed by atoms with Gasteiger partial charge in [-0.3, -0.25) is 18.8 Å². The molecule has 0 amide bonds. The van der Waals surface area contributed by atoms with Gasteiger partial charge < -0.3 is 9.47 Å². The molecule has 1 aliphatic rings. The highest BCUT2D eigenvalue weighted by atomic mass is 16.6. The first-order chi connectivity index (χ1) is 12.0. The van der Waals surface area contributed by atoms with Crippen LogP contribution in [0.3, 0.4) is 0 Å². The SMILES string of the molecule is CCN(Cc1cc(=O)n(C)c(=O)n1C)CC1COc2ccccc2O1. The first-order valence-corrected chi connectivity index (χ1v) is 8.36. The monoisotopic (exact) mass is 345 g/mol. The van der Waals surface area contributed by atoms with E-state index in [0.717, 1.165) is 22.6 Å². The van der Waals surface area contributed by atoms with Crippen LogP contribution in [-0.4, -0.2) is 39.8 Å². The van der Waals surface area contributed by atoms with Crippen molar-refractivity contribution in [2.24, 2.45) is 14.1 Å². The van der Waals surface area contributed by atoms with Gasteiger partial charge in [0.05, 0.1) is 0 Å². The van der Waals surface area contributed by atoms with E-state index in [0.29, 0.717) is 25.4 Å². The van der Waals surface area contributed by atoms with Gasteiger partial charge in [0.25, 0.3) is 5.56 Å². The Bertz CT molecular complexity index is 871. The quantitative estimate of drug-likeness (QED) is 0.800. The van der Waals surface area contributed by atoms with Gasteiger partial charge in [-0.05, 0) is 18.7 Å². The number of nitrogens with zero attached hydrogens (tertiary/aromatic N) is 3. The number of ether oxygens (including phenoxy) is 2. The summed E-state index contributed by atoms with van der Waals surface area (Å²) in [5, 5.41) is 0. The Balaban J connectivity index is 1.72. The number of para-hydroxylation sites is 2. The maximum absolute atomic E-state index is 12.1. The fourth-order valence-corrected chi connectivity index (χ4v) is 2.91. The third kappa shape index (κ3) is 3.61. The molecule has 3 rings (SSSR count). The zero-order valence-corrected chi connectivity index (χ0v) is 14.8. The molecular formula is C18H23N3O4. The third-order valence-electron chi connectivity index (χ3n) is 4.49. The highest BCUT2D eigenvalue weighted by molar-refractivity contribution is 5.40. The van der Waals surface area contributed by atoms with Gasteiger partial charge in [0.15, 0.2) is 11.5 Å². The highest BCUT2D eigenvalue weighted by Crippen LogP contribution is 2.31. The molecule has 0 fully saturated rings.